The molecule has 0 unspecified atom stereocenters. The molecule has 9 heteroatoms. The topological polar surface area (TPSA) is 133 Å². The summed E-state index contributed by atoms with van der Waals surface area (Å²) in [6.45, 7) is 11.3. The van der Waals surface area contributed by atoms with Crippen LogP contribution in [0.4, 0.5) is 0 Å². The zero-order valence-corrected chi connectivity index (χ0v) is 21.2. The Kier molecular flexibility index (Phi) is 29.7. The molecule has 0 aromatic carbocycles. The third-order valence-electron chi connectivity index (χ3n) is 2.81. The summed E-state index contributed by atoms with van der Waals surface area (Å²) in [5.41, 5.74) is 0. The van der Waals surface area contributed by atoms with Crippen molar-refractivity contribution < 1.29 is 38.9 Å². The van der Waals surface area contributed by atoms with Crippen LogP contribution in [0.25, 0.3) is 0 Å². The van der Waals surface area contributed by atoms with Crippen molar-refractivity contribution in [3.63, 3.8) is 0 Å². The third-order valence-corrected chi connectivity index (χ3v) is 6.85. The van der Waals surface area contributed by atoms with Crippen molar-refractivity contribution in [2.75, 3.05) is 13.2 Å². The Labute approximate surface area is 194 Å². The fraction of sp³-hybridized carbons (Fsp3) is 0.455. The number of carboxylic acids is 2. The van der Waals surface area contributed by atoms with E-state index < -0.39 is 23.9 Å². The van der Waals surface area contributed by atoms with E-state index >= 15 is 0 Å². The van der Waals surface area contributed by atoms with Gasteiger partial charge >= 0.3 is 81.5 Å². The molecule has 0 atom stereocenters. The molecule has 0 radical (unpaired) electrons. The van der Waals surface area contributed by atoms with Crippen LogP contribution in [0, 0.1) is 0 Å². The number of carbonyl (C=O) groups is 4. The molecular formula is C22H32O8Sn. The van der Waals surface area contributed by atoms with E-state index in [0.717, 1.165) is 12.2 Å². The van der Waals surface area contributed by atoms with Crippen molar-refractivity contribution in [1.29, 1.82) is 0 Å². The van der Waals surface area contributed by atoms with Crippen LogP contribution in [0.1, 0.15) is 39.5 Å². The molecule has 0 fully saturated rings. The molecule has 0 aromatic heterocycles. The first-order valence-corrected chi connectivity index (χ1v) is 13.8. The Morgan fingerprint density at radius 1 is 0.742 bits per heavy atom. The van der Waals surface area contributed by atoms with Gasteiger partial charge in [0.2, 0.25) is 0 Å². The second-order valence-electron chi connectivity index (χ2n) is 5.60. The number of aliphatic carboxylic acids is 2. The predicted molar refractivity (Wildman–Crippen MR) is 116 cm³/mol. The molecule has 0 aliphatic heterocycles. The van der Waals surface area contributed by atoms with Crippen LogP contribution in [0.2, 0.25) is 8.87 Å². The maximum atomic E-state index is 10.5. The van der Waals surface area contributed by atoms with E-state index in [1.54, 1.807) is 8.87 Å². The SMILES string of the molecule is C=CCOC(=O)/C=C\C(=O)[O-].C=CCOC(=O)/C=C\C(=O)[O-].CCC[CH2][Sn+2][CH2]CCC. The quantitative estimate of drug-likeness (QED) is 0.105. The van der Waals surface area contributed by atoms with Gasteiger partial charge in [-0.2, -0.15) is 0 Å². The molecule has 0 saturated heterocycles. The van der Waals surface area contributed by atoms with Crippen LogP contribution in [0.15, 0.2) is 49.6 Å². The monoisotopic (exact) mass is 544 g/mol. The van der Waals surface area contributed by atoms with Crippen molar-refractivity contribution in [1.82, 2.24) is 0 Å². The van der Waals surface area contributed by atoms with Gasteiger partial charge in [-0.15, -0.1) is 0 Å². The molecule has 0 aromatic rings. The molecule has 0 amide bonds. The summed E-state index contributed by atoms with van der Waals surface area (Å²) in [5, 5.41) is 19.5. The Morgan fingerprint density at radius 2 is 1.10 bits per heavy atom. The summed E-state index contributed by atoms with van der Waals surface area (Å²) in [4.78, 5) is 40.4. The molecule has 0 bridgehead atoms. The number of unbranched alkanes of at least 4 members (excludes halogenated alkanes) is 2. The second kappa shape index (κ2) is 27.6. The van der Waals surface area contributed by atoms with E-state index in [0.29, 0.717) is 12.2 Å². The maximum absolute atomic E-state index is 10.5. The normalized spacial score (nSPS) is 9.35. The Bertz CT molecular complexity index is 532. The number of hydrogen-bond acceptors (Lipinski definition) is 8. The molecule has 0 heterocycles. The van der Waals surface area contributed by atoms with Crippen molar-refractivity contribution >= 4 is 45.0 Å². The van der Waals surface area contributed by atoms with Gasteiger partial charge in [0, 0.05) is 12.2 Å². The van der Waals surface area contributed by atoms with Gasteiger partial charge in [0.1, 0.15) is 13.2 Å². The summed E-state index contributed by atoms with van der Waals surface area (Å²) < 4.78 is 12.1. The molecule has 0 saturated carbocycles. The zero-order chi connectivity index (χ0) is 24.3. The third kappa shape index (κ3) is 38.8. The minimum atomic E-state index is -1.43. The van der Waals surface area contributed by atoms with E-state index in [9.17, 15) is 29.4 Å². The van der Waals surface area contributed by atoms with Gasteiger partial charge < -0.3 is 29.3 Å². The summed E-state index contributed by atoms with van der Waals surface area (Å²) in [5.74, 6) is -4.32. The molecule has 0 N–H and O–H groups in total. The van der Waals surface area contributed by atoms with Gasteiger partial charge in [0.25, 0.3) is 0 Å². The van der Waals surface area contributed by atoms with E-state index in [2.05, 4.69) is 36.5 Å². The molecule has 172 valence electrons. The number of carboxylic acid groups (broad SMARTS) is 2. The van der Waals surface area contributed by atoms with Crippen LogP contribution >= 0.6 is 0 Å². The van der Waals surface area contributed by atoms with Crippen molar-refractivity contribution in [3.05, 3.63) is 49.6 Å². The van der Waals surface area contributed by atoms with Crippen LogP contribution in [0.5, 0.6) is 0 Å². The number of esters is 2. The average molecular weight is 543 g/mol. The summed E-state index contributed by atoms with van der Waals surface area (Å²) in [7, 11) is 0. The molecule has 0 aliphatic carbocycles. The van der Waals surface area contributed by atoms with Crippen molar-refractivity contribution in [2.45, 2.75) is 48.4 Å². The predicted octanol–water partition coefficient (Wildman–Crippen LogP) is 1.17. The number of rotatable bonds is 14. The summed E-state index contributed by atoms with van der Waals surface area (Å²) in [6.07, 6.45) is 11.4. The zero-order valence-electron chi connectivity index (χ0n) is 18.3. The van der Waals surface area contributed by atoms with Crippen LogP contribution < -0.4 is 10.2 Å². The van der Waals surface area contributed by atoms with Gasteiger partial charge in [0.05, 0.1) is 11.9 Å². The Morgan fingerprint density at radius 3 is 1.35 bits per heavy atom. The first-order chi connectivity index (χ1) is 14.7. The number of ether oxygens (including phenoxy) is 2. The average Bonchev–Trinajstić information content (AvgIpc) is 2.74. The van der Waals surface area contributed by atoms with Crippen molar-refractivity contribution in [2.24, 2.45) is 0 Å². The fourth-order valence-corrected chi connectivity index (χ4v) is 5.54. The van der Waals surface area contributed by atoms with E-state index in [-0.39, 0.29) is 34.4 Å². The molecule has 0 aliphatic rings. The molecular weight excluding hydrogens is 511 g/mol. The first-order valence-electron chi connectivity index (χ1n) is 9.79. The van der Waals surface area contributed by atoms with Gasteiger partial charge in [0.15, 0.2) is 0 Å². The standard InChI is InChI=1S/2C7H8O4.2C4H9.Sn/c2*1-2-5-11-7(10)4-3-6(8)9;2*1-3-4-2;/h2*2-4H,1,5H2,(H,8,9);2*1,3-4H2,2H3;/q;;;;+2/p-2/b2*4-3-;;;. The summed E-state index contributed by atoms with van der Waals surface area (Å²) in [6, 6.07) is 0. The van der Waals surface area contributed by atoms with E-state index in [1.165, 1.54) is 37.8 Å². The summed E-state index contributed by atoms with van der Waals surface area (Å²) >= 11 is 0.149. The number of hydrogen-bond donors (Lipinski definition) is 0. The fourth-order valence-electron chi connectivity index (χ4n) is 1.38. The number of carbonyl (C=O) groups excluding carboxylic acids is 4. The van der Waals surface area contributed by atoms with Gasteiger partial charge in [-0.05, 0) is 12.2 Å². The minimum absolute atomic E-state index is 0.0657. The molecule has 31 heavy (non-hydrogen) atoms. The van der Waals surface area contributed by atoms with E-state index in [4.69, 9.17) is 0 Å². The van der Waals surface area contributed by atoms with Crippen molar-refractivity contribution in [3.8, 4) is 0 Å². The van der Waals surface area contributed by atoms with Gasteiger partial charge in [-0.25, -0.2) is 9.59 Å². The van der Waals surface area contributed by atoms with E-state index in [1.807, 2.05) is 0 Å². The van der Waals surface area contributed by atoms with Gasteiger partial charge in [-0.3, -0.25) is 0 Å². The van der Waals surface area contributed by atoms with Crippen LogP contribution in [0.3, 0.4) is 0 Å². The molecule has 0 rings (SSSR count). The molecule has 8 nitrogen and oxygen atoms in total. The molecule has 0 spiro atoms. The Balaban J connectivity index is -0.000000382. The van der Waals surface area contributed by atoms with Crippen LogP contribution in [-0.2, 0) is 28.7 Å². The van der Waals surface area contributed by atoms with Gasteiger partial charge in [-0.1, -0.05) is 25.3 Å². The Hall–Kier alpha value is -2.36. The van der Waals surface area contributed by atoms with Crippen LogP contribution in [-0.4, -0.2) is 58.2 Å². The first kappa shape index (κ1) is 33.3. The second-order valence-corrected chi connectivity index (χ2v) is 9.88.